The number of nitrogens with zero attached hydrogens (tertiary/aromatic N) is 2. The molecule has 0 aliphatic carbocycles. The lowest BCUT2D eigenvalue weighted by molar-refractivity contribution is 0.101. The zero-order chi connectivity index (χ0) is 19.6. The summed E-state index contributed by atoms with van der Waals surface area (Å²) in [6, 6.07) is 8.43. The summed E-state index contributed by atoms with van der Waals surface area (Å²) in [4.78, 5) is 12.9. The molecular formula is C19H25N3O4S. The number of piperidine rings is 1. The predicted molar refractivity (Wildman–Crippen MR) is 104 cm³/mol. The summed E-state index contributed by atoms with van der Waals surface area (Å²) >= 11 is 0. The fraction of sp³-hybridized carbons (Fsp3) is 0.421. The molecule has 0 radical (unpaired) electrons. The molecule has 8 heteroatoms. The molecular weight excluding hydrogens is 366 g/mol. The van der Waals surface area contributed by atoms with Crippen LogP contribution in [0, 0.1) is 6.92 Å². The first-order chi connectivity index (χ1) is 12.8. The molecule has 1 amide bonds. The van der Waals surface area contributed by atoms with Crippen LogP contribution in [0.4, 0.5) is 5.69 Å². The summed E-state index contributed by atoms with van der Waals surface area (Å²) in [5, 5.41) is 2.80. The van der Waals surface area contributed by atoms with Crippen LogP contribution < -0.4 is 10.1 Å². The third-order valence-electron chi connectivity index (χ3n) is 5.00. The van der Waals surface area contributed by atoms with Crippen LogP contribution in [0.2, 0.25) is 0 Å². The number of amides is 1. The van der Waals surface area contributed by atoms with E-state index in [-0.39, 0.29) is 10.8 Å². The second-order valence-corrected chi connectivity index (χ2v) is 8.59. The van der Waals surface area contributed by atoms with Gasteiger partial charge in [-0.1, -0.05) is 6.42 Å². The van der Waals surface area contributed by atoms with Crippen molar-refractivity contribution < 1.29 is 17.9 Å². The van der Waals surface area contributed by atoms with Crippen LogP contribution in [-0.4, -0.2) is 43.4 Å². The molecule has 0 spiro atoms. The second-order valence-electron chi connectivity index (χ2n) is 6.69. The smallest absolute Gasteiger partial charge is 0.272 e. The number of sulfonamides is 1. The lowest BCUT2D eigenvalue weighted by atomic mass is 10.2. The van der Waals surface area contributed by atoms with Gasteiger partial charge in [-0.15, -0.1) is 0 Å². The summed E-state index contributed by atoms with van der Waals surface area (Å²) in [6.45, 7) is 2.79. The number of benzene rings is 1. The SMILES string of the molecule is COc1ccc(NC(=O)c2cc(S(=O)(=O)N3CCCCC3)c(C)n2C)cc1. The van der Waals surface area contributed by atoms with Gasteiger partial charge in [-0.2, -0.15) is 4.31 Å². The van der Waals surface area contributed by atoms with Crippen molar-refractivity contribution in [1.29, 1.82) is 0 Å². The van der Waals surface area contributed by atoms with Crippen molar-refractivity contribution in [3.05, 3.63) is 41.7 Å². The number of carbonyl (C=O) groups is 1. The molecule has 1 aliphatic rings. The van der Waals surface area contributed by atoms with E-state index in [1.165, 1.54) is 10.4 Å². The van der Waals surface area contributed by atoms with E-state index in [9.17, 15) is 13.2 Å². The second kappa shape index (κ2) is 7.74. The molecule has 1 aliphatic heterocycles. The number of hydrogen-bond donors (Lipinski definition) is 1. The Balaban J connectivity index is 1.86. The van der Waals surface area contributed by atoms with Crippen molar-refractivity contribution >= 4 is 21.6 Å². The minimum atomic E-state index is -3.59. The van der Waals surface area contributed by atoms with Crippen LogP contribution in [0.3, 0.4) is 0 Å². The summed E-state index contributed by atoms with van der Waals surface area (Å²) in [5.41, 5.74) is 1.47. The van der Waals surface area contributed by atoms with E-state index in [1.807, 2.05) is 0 Å². The quantitative estimate of drug-likeness (QED) is 0.850. The van der Waals surface area contributed by atoms with Gasteiger partial charge in [-0.05, 0) is 50.1 Å². The Morgan fingerprint density at radius 1 is 1.11 bits per heavy atom. The molecule has 1 fully saturated rings. The van der Waals surface area contributed by atoms with Gasteiger partial charge in [0.25, 0.3) is 5.91 Å². The maximum atomic E-state index is 13.0. The summed E-state index contributed by atoms with van der Waals surface area (Å²) < 4.78 is 34.2. The number of anilines is 1. The molecule has 3 rings (SSSR count). The van der Waals surface area contributed by atoms with Gasteiger partial charge in [0, 0.05) is 31.5 Å². The van der Waals surface area contributed by atoms with E-state index in [4.69, 9.17) is 4.74 Å². The minimum absolute atomic E-state index is 0.201. The van der Waals surface area contributed by atoms with Crippen LogP contribution in [0.1, 0.15) is 35.4 Å². The van der Waals surface area contributed by atoms with E-state index in [1.54, 1.807) is 49.9 Å². The number of carbonyl (C=O) groups excluding carboxylic acids is 1. The normalized spacial score (nSPS) is 15.5. The van der Waals surface area contributed by atoms with Crippen LogP contribution in [0.25, 0.3) is 0 Å². The largest absolute Gasteiger partial charge is 0.497 e. The average Bonchev–Trinajstić information content (AvgIpc) is 2.99. The van der Waals surface area contributed by atoms with Crippen molar-refractivity contribution in [1.82, 2.24) is 8.87 Å². The Morgan fingerprint density at radius 3 is 2.33 bits per heavy atom. The highest BCUT2D eigenvalue weighted by molar-refractivity contribution is 7.89. The van der Waals surface area contributed by atoms with Gasteiger partial charge in [0.1, 0.15) is 16.3 Å². The first-order valence-corrected chi connectivity index (χ1v) is 10.4. The molecule has 1 N–H and O–H groups in total. The first kappa shape index (κ1) is 19.4. The number of nitrogens with one attached hydrogen (secondary N) is 1. The molecule has 0 atom stereocenters. The van der Waals surface area contributed by atoms with Gasteiger partial charge >= 0.3 is 0 Å². The first-order valence-electron chi connectivity index (χ1n) is 8.96. The number of methoxy groups -OCH3 is 1. The highest BCUT2D eigenvalue weighted by Gasteiger charge is 2.30. The fourth-order valence-electron chi connectivity index (χ4n) is 3.26. The highest BCUT2D eigenvalue weighted by atomic mass is 32.2. The third kappa shape index (κ3) is 3.86. The maximum Gasteiger partial charge on any atom is 0.272 e. The van der Waals surface area contributed by atoms with Gasteiger partial charge in [-0.3, -0.25) is 4.79 Å². The Labute approximate surface area is 160 Å². The van der Waals surface area contributed by atoms with Gasteiger partial charge in [0.2, 0.25) is 10.0 Å². The van der Waals surface area contributed by atoms with Gasteiger partial charge < -0.3 is 14.6 Å². The van der Waals surface area contributed by atoms with Crippen molar-refractivity contribution in [3.8, 4) is 5.75 Å². The van der Waals surface area contributed by atoms with E-state index in [2.05, 4.69) is 5.32 Å². The molecule has 0 bridgehead atoms. The number of rotatable bonds is 5. The molecule has 2 aromatic rings. The van der Waals surface area contributed by atoms with Crippen molar-refractivity contribution in [2.45, 2.75) is 31.1 Å². The lowest BCUT2D eigenvalue weighted by Gasteiger charge is -2.25. The van der Waals surface area contributed by atoms with Crippen LogP contribution in [0.5, 0.6) is 5.75 Å². The third-order valence-corrected chi connectivity index (χ3v) is 7.02. The molecule has 1 saturated heterocycles. The molecule has 146 valence electrons. The van der Waals surface area contributed by atoms with E-state index in [0.717, 1.165) is 19.3 Å². The van der Waals surface area contributed by atoms with E-state index in [0.29, 0.717) is 35.9 Å². The van der Waals surface area contributed by atoms with E-state index < -0.39 is 10.0 Å². The van der Waals surface area contributed by atoms with Gasteiger partial charge in [0.05, 0.1) is 7.11 Å². The van der Waals surface area contributed by atoms with Gasteiger partial charge in [0.15, 0.2) is 0 Å². The molecule has 7 nitrogen and oxygen atoms in total. The molecule has 27 heavy (non-hydrogen) atoms. The fourth-order valence-corrected chi connectivity index (χ4v) is 5.05. The number of ether oxygens (including phenoxy) is 1. The van der Waals surface area contributed by atoms with Crippen molar-refractivity contribution in [3.63, 3.8) is 0 Å². The predicted octanol–water partition coefficient (Wildman–Crippen LogP) is 2.77. The lowest BCUT2D eigenvalue weighted by Crippen LogP contribution is -2.35. The van der Waals surface area contributed by atoms with E-state index >= 15 is 0 Å². The molecule has 1 aromatic carbocycles. The Hall–Kier alpha value is -2.32. The highest BCUT2D eigenvalue weighted by Crippen LogP contribution is 2.26. The number of hydrogen-bond acceptors (Lipinski definition) is 4. The van der Waals surface area contributed by atoms with Crippen LogP contribution in [0.15, 0.2) is 35.2 Å². The van der Waals surface area contributed by atoms with Crippen molar-refractivity contribution in [2.24, 2.45) is 7.05 Å². The molecule has 2 heterocycles. The monoisotopic (exact) mass is 391 g/mol. The zero-order valence-corrected chi connectivity index (χ0v) is 16.7. The van der Waals surface area contributed by atoms with Gasteiger partial charge in [-0.25, -0.2) is 8.42 Å². The molecule has 0 saturated carbocycles. The minimum Gasteiger partial charge on any atom is -0.497 e. The maximum absolute atomic E-state index is 13.0. The topological polar surface area (TPSA) is 80.6 Å². The van der Waals surface area contributed by atoms with Crippen LogP contribution >= 0.6 is 0 Å². The standard InChI is InChI=1S/C19H25N3O4S/c1-14-18(27(24,25)22-11-5-4-6-12-22)13-17(21(14)2)19(23)20-15-7-9-16(26-3)10-8-15/h7-10,13H,4-6,11-12H2,1-3H3,(H,20,23). The molecule has 1 aromatic heterocycles. The summed E-state index contributed by atoms with van der Waals surface area (Å²) in [5.74, 6) is 0.337. The Morgan fingerprint density at radius 2 is 1.74 bits per heavy atom. The van der Waals surface area contributed by atoms with Crippen molar-refractivity contribution in [2.75, 3.05) is 25.5 Å². The number of aromatic nitrogens is 1. The average molecular weight is 391 g/mol. The van der Waals surface area contributed by atoms with Crippen LogP contribution in [-0.2, 0) is 17.1 Å². The summed E-state index contributed by atoms with van der Waals surface area (Å²) in [7, 11) is -0.318. The molecule has 0 unspecified atom stereocenters. The Bertz CT molecular complexity index is 927. The summed E-state index contributed by atoms with van der Waals surface area (Å²) in [6.07, 6.45) is 2.79. The zero-order valence-electron chi connectivity index (χ0n) is 15.9. The Kier molecular flexibility index (Phi) is 5.57.